The molecule has 1 aromatic heterocycles. The van der Waals surface area contributed by atoms with E-state index in [4.69, 9.17) is 11.6 Å². The predicted octanol–water partition coefficient (Wildman–Crippen LogP) is 5.58. The number of aromatic hydroxyl groups is 1. The third-order valence-corrected chi connectivity index (χ3v) is 4.09. The molecule has 0 bridgehead atoms. The Balaban J connectivity index is 1.94. The van der Waals surface area contributed by atoms with E-state index in [1.807, 2.05) is 24.3 Å². The summed E-state index contributed by atoms with van der Waals surface area (Å²) in [6, 6.07) is 13.6. The van der Waals surface area contributed by atoms with Crippen LogP contribution in [0.3, 0.4) is 0 Å². The minimum absolute atomic E-state index is 0.0947. The normalized spacial score (nSPS) is 12.3. The first-order valence-corrected chi connectivity index (χ1v) is 7.87. The standard InChI is InChI=1S/C19H19ClN2O/c1-19(2,3)12-4-7-14(8-5-12)21-11-16-15-10-13(20)6-9-17(15)22-18(16)23/h4-11,22-23H,1-3H3. The molecule has 0 amide bonds. The fourth-order valence-electron chi connectivity index (χ4n) is 2.49. The molecule has 3 rings (SSSR count). The molecule has 0 aliphatic rings. The van der Waals surface area contributed by atoms with Crippen LogP contribution >= 0.6 is 11.6 Å². The first-order valence-electron chi connectivity index (χ1n) is 7.49. The predicted molar refractivity (Wildman–Crippen MR) is 97.4 cm³/mol. The first-order chi connectivity index (χ1) is 10.8. The van der Waals surface area contributed by atoms with Gasteiger partial charge in [0, 0.05) is 22.1 Å². The lowest BCUT2D eigenvalue weighted by Crippen LogP contribution is -2.10. The Morgan fingerprint density at radius 2 is 1.78 bits per heavy atom. The van der Waals surface area contributed by atoms with Crippen LogP contribution in [-0.4, -0.2) is 16.3 Å². The molecule has 3 aromatic rings. The molecule has 3 nitrogen and oxygen atoms in total. The van der Waals surface area contributed by atoms with Gasteiger partial charge in [0.15, 0.2) is 5.88 Å². The smallest absolute Gasteiger partial charge is 0.198 e. The number of nitrogens with zero attached hydrogens (tertiary/aromatic N) is 1. The van der Waals surface area contributed by atoms with Gasteiger partial charge in [-0.05, 0) is 41.3 Å². The van der Waals surface area contributed by atoms with Gasteiger partial charge in [-0.25, -0.2) is 0 Å². The topological polar surface area (TPSA) is 48.4 Å². The number of aromatic nitrogens is 1. The lowest BCUT2D eigenvalue weighted by molar-refractivity contribution is 0.457. The van der Waals surface area contributed by atoms with Crippen molar-refractivity contribution in [3.63, 3.8) is 0 Å². The Kier molecular flexibility index (Phi) is 3.90. The van der Waals surface area contributed by atoms with Gasteiger partial charge in [0.2, 0.25) is 0 Å². The van der Waals surface area contributed by atoms with Gasteiger partial charge >= 0.3 is 0 Å². The lowest BCUT2D eigenvalue weighted by atomic mass is 9.87. The van der Waals surface area contributed by atoms with Crippen molar-refractivity contribution < 1.29 is 5.11 Å². The quantitative estimate of drug-likeness (QED) is 0.594. The van der Waals surface area contributed by atoms with E-state index in [1.165, 1.54) is 5.56 Å². The van der Waals surface area contributed by atoms with Crippen molar-refractivity contribution in [3.05, 3.63) is 58.6 Å². The molecule has 0 fully saturated rings. The van der Waals surface area contributed by atoms with Gasteiger partial charge in [-0.15, -0.1) is 0 Å². The van der Waals surface area contributed by atoms with E-state index >= 15 is 0 Å². The molecular formula is C19H19ClN2O. The number of hydrogen-bond acceptors (Lipinski definition) is 2. The van der Waals surface area contributed by atoms with Crippen LogP contribution in [0.1, 0.15) is 31.9 Å². The summed E-state index contributed by atoms with van der Waals surface area (Å²) in [4.78, 5) is 7.39. The second kappa shape index (κ2) is 5.74. The third-order valence-electron chi connectivity index (χ3n) is 3.86. The van der Waals surface area contributed by atoms with Crippen LogP contribution in [0.2, 0.25) is 5.02 Å². The second-order valence-electron chi connectivity index (χ2n) is 6.63. The van der Waals surface area contributed by atoms with Gasteiger partial charge in [0.05, 0.1) is 11.3 Å². The summed E-state index contributed by atoms with van der Waals surface area (Å²) < 4.78 is 0. The molecule has 2 aromatic carbocycles. The Morgan fingerprint density at radius 1 is 1.09 bits per heavy atom. The van der Waals surface area contributed by atoms with Crippen molar-refractivity contribution >= 4 is 34.4 Å². The van der Waals surface area contributed by atoms with Gasteiger partial charge in [0.1, 0.15) is 0 Å². The highest BCUT2D eigenvalue weighted by Crippen LogP contribution is 2.29. The van der Waals surface area contributed by atoms with Crippen LogP contribution < -0.4 is 0 Å². The number of H-pyrrole nitrogens is 1. The number of fused-ring (bicyclic) bond motifs is 1. The summed E-state index contributed by atoms with van der Waals surface area (Å²) in [7, 11) is 0. The molecule has 0 spiro atoms. The lowest BCUT2D eigenvalue weighted by Gasteiger charge is -2.18. The number of benzene rings is 2. The third kappa shape index (κ3) is 3.25. The average Bonchev–Trinajstić information content (AvgIpc) is 2.79. The van der Waals surface area contributed by atoms with Crippen molar-refractivity contribution in [2.45, 2.75) is 26.2 Å². The Hall–Kier alpha value is -2.26. The largest absolute Gasteiger partial charge is 0.494 e. The summed E-state index contributed by atoms with van der Waals surface area (Å²) >= 11 is 6.04. The molecule has 4 heteroatoms. The van der Waals surface area contributed by atoms with E-state index < -0.39 is 0 Å². The van der Waals surface area contributed by atoms with E-state index in [9.17, 15) is 5.11 Å². The van der Waals surface area contributed by atoms with Crippen molar-refractivity contribution in [1.82, 2.24) is 4.98 Å². The highest BCUT2D eigenvalue weighted by atomic mass is 35.5. The fourth-order valence-corrected chi connectivity index (χ4v) is 2.66. The first kappa shape index (κ1) is 15.6. The molecule has 118 valence electrons. The molecule has 0 unspecified atom stereocenters. The maximum Gasteiger partial charge on any atom is 0.198 e. The van der Waals surface area contributed by atoms with Crippen molar-refractivity contribution in [1.29, 1.82) is 0 Å². The molecule has 0 saturated heterocycles. The van der Waals surface area contributed by atoms with Crippen LogP contribution in [0.25, 0.3) is 10.9 Å². The summed E-state index contributed by atoms with van der Waals surface area (Å²) in [5, 5.41) is 11.5. The van der Waals surface area contributed by atoms with Crippen molar-refractivity contribution in [2.75, 3.05) is 0 Å². The molecule has 2 N–H and O–H groups in total. The van der Waals surface area contributed by atoms with E-state index in [-0.39, 0.29) is 11.3 Å². The molecule has 0 atom stereocenters. The minimum atomic E-state index is 0.0947. The Bertz CT molecular complexity index is 871. The highest BCUT2D eigenvalue weighted by Gasteiger charge is 2.13. The number of aromatic amines is 1. The number of aliphatic imine (C=N–C) groups is 1. The monoisotopic (exact) mass is 326 g/mol. The maximum atomic E-state index is 10.1. The zero-order chi connectivity index (χ0) is 16.6. The number of hydrogen-bond donors (Lipinski definition) is 2. The van der Waals surface area contributed by atoms with Crippen LogP contribution in [0.5, 0.6) is 5.88 Å². The average molecular weight is 327 g/mol. The van der Waals surface area contributed by atoms with Gasteiger partial charge in [-0.3, -0.25) is 4.99 Å². The Morgan fingerprint density at radius 3 is 2.43 bits per heavy atom. The van der Waals surface area contributed by atoms with Crippen molar-refractivity contribution in [2.24, 2.45) is 4.99 Å². The highest BCUT2D eigenvalue weighted by molar-refractivity contribution is 6.31. The van der Waals surface area contributed by atoms with Gasteiger partial charge in [-0.1, -0.05) is 44.5 Å². The fraction of sp³-hybridized carbons (Fsp3) is 0.211. The minimum Gasteiger partial charge on any atom is -0.494 e. The zero-order valence-electron chi connectivity index (χ0n) is 13.4. The molecule has 1 heterocycles. The van der Waals surface area contributed by atoms with E-state index in [0.29, 0.717) is 10.6 Å². The van der Waals surface area contributed by atoms with Crippen LogP contribution in [0, 0.1) is 0 Å². The van der Waals surface area contributed by atoms with E-state index in [1.54, 1.807) is 12.3 Å². The molecular weight excluding hydrogens is 308 g/mol. The summed E-state index contributed by atoms with van der Waals surface area (Å²) in [6.07, 6.45) is 1.66. The van der Waals surface area contributed by atoms with E-state index in [0.717, 1.165) is 16.6 Å². The summed E-state index contributed by atoms with van der Waals surface area (Å²) in [6.45, 7) is 6.54. The number of nitrogens with one attached hydrogen (secondary N) is 1. The van der Waals surface area contributed by atoms with Gasteiger partial charge < -0.3 is 10.1 Å². The van der Waals surface area contributed by atoms with E-state index in [2.05, 4.69) is 42.9 Å². The summed E-state index contributed by atoms with van der Waals surface area (Å²) in [5.41, 5.74) is 3.69. The molecule has 0 aliphatic heterocycles. The molecule has 0 radical (unpaired) electrons. The van der Waals surface area contributed by atoms with Gasteiger partial charge in [-0.2, -0.15) is 0 Å². The van der Waals surface area contributed by atoms with Crippen molar-refractivity contribution in [3.8, 4) is 5.88 Å². The van der Waals surface area contributed by atoms with Crippen LogP contribution in [0.4, 0.5) is 5.69 Å². The van der Waals surface area contributed by atoms with Crippen LogP contribution in [0.15, 0.2) is 47.5 Å². The molecule has 23 heavy (non-hydrogen) atoms. The zero-order valence-corrected chi connectivity index (χ0v) is 14.1. The second-order valence-corrected chi connectivity index (χ2v) is 7.07. The SMILES string of the molecule is CC(C)(C)c1ccc(N=Cc2c(O)[nH]c3ccc(Cl)cc23)cc1. The number of halogens is 1. The number of rotatable bonds is 2. The molecule has 0 aliphatic carbocycles. The maximum absolute atomic E-state index is 10.1. The Labute approximate surface area is 140 Å². The summed E-state index contributed by atoms with van der Waals surface area (Å²) in [5.74, 6) is 0.0947. The van der Waals surface area contributed by atoms with Crippen LogP contribution in [-0.2, 0) is 5.41 Å². The van der Waals surface area contributed by atoms with Gasteiger partial charge in [0.25, 0.3) is 0 Å². The molecule has 0 saturated carbocycles.